The summed E-state index contributed by atoms with van der Waals surface area (Å²) < 4.78 is 13.3. The van der Waals surface area contributed by atoms with Gasteiger partial charge >= 0.3 is 0 Å². The van der Waals surface area contributed by atoms with Crippen LogP contribution in [0.5, 0.6) is 0 Å². The summed E-state index contributed by atoms with van der Waals surface area (Å²) in [7, 11) is 0. The van der Waals surface area contributed by atoms with Crippen LogP contribution in [0.15, 0.2) is 54.6 Å². The van der Waals surface area contributed by atoms with Gasteiger partial charge in [0.25, 0.3) is 5.91 Å². The predicted molar refractivity (Wildman–Crippen MR) is 110 cm³/mol. The molecular weight excluding hydrogens is 341 g/mol. The molecule has 0 fully saturated rings. The standard InChI is InChI=1S/C22H30FN3O/c1-3-5-16-22(17-6-4-2,24-19-14-12-18(23)13-15-19)21(27)26-25-20-10-8-7-9-11-20/h7-15,24-25H,3-6,16-17H2,1-2H3,(H,26,27). The highest BCUT2D eigenvalue weighted by Crippen LogP contribution is 2.28. The predicted octanol–water partition coefficient (Wildman–Crippen LogP) is 5.50. The highest BCUT2D eigenvalue weighted by Gasteiger charge is 2.37. The van der Waals surface area contributed by atoms with Crippen molar-refractivity contribution in [2.75, 3.05) is 10.7 Å². The number of unbranched alkanes of at least 4 members (excludes halogenated alkanes) is 2. The molecule has 146 valence electrons. The molecule has 5 heteroatoms. The molecule has 0 atom stereocenters. The molecule has 0 bridgehead atoms. The Labute approximate surface area is 161 Å². The molecule has 0 unspecified atom stereocenters. The van der Waals surface area contributed by atoms with Gasteiger partial charge in [0.15, 0.2) is 0 Å². The number of nitrogens with one attached hydrogen (secondary N) is 3. The van der Waals surface area contributed by atoms with Gasteiger partial charge in [-0.25, -0.2) is 4.39 Å². The average Bonchev–Trinajstić information content (AvgIpc) is 2.70. The van der Waals surface area contributed by atoms with E-state index in [0.717, 1.165) is 37.1 Å². The smallest absolute Gasteiger partial charge is 0.263 e. The normalized spacial score (nSPS) is 11.1. The van der Waals surface area contributed by atoms with E-state index in [1.165, 1.54) is 12.1 Å². The van der Waals surface area contributed by atoms with Crippen molar-refractivity contribution < 1.29 is 9.18 Å². The lowest BCUT2D eigenvalue weighted by molar-refractivity contribution is -0.125. The van der Waals surface area contributed by atoms with Crippen molar-refractivity contribution in [1.29, 1.82) is 0 Å². The van der Waals surface area contributed by atoms with Gasteiger partial charge in [0.05, 0.1) is 5.69 Å². The Bertz CT molecular complexity index is 680. The SMILES string of the molecule is CCCCC(CCCC)(Nc1ccc(F)cc1)C(=O)NNc1ccccc1. The van der Waals surface area contributed by atoms with E-state index in [4.69, 9.17) is 0 Å². The summed E-state index contributed by atoms with van der Waals surface area (Å²) in [6, 6.07) is 15.7. The monoisotopic (exact) mass is 371 g/mol. The van der Waals surface area contributed by atoms with Gasteiger partial charge < -0.3 is 5.32 Å². The minimum atomic E-state index is -0.744. The Kier molecular flexibility index (Phi) is 8.11. The van der Waals surface area contributed by atoms with Crippen LogP contribution in [-0.2, 0) is 4.79 Å². The third-order valence-corrected chi connectivity index (χ3v) is 4.67. The van der Waals surface area contributed by atoms with Gasteiger partial charge in [0.1, 0.15) is 11.4 Å². The van der Waals surface area contributed by atoms with Crippen molar-refractivity contribution in [2.45, 2.75) is 57.9 Å². The van der Waals surface area contributed by atoms with Crippen LogP contribution in [0.2, 0.25) is 0 Å². The summed E-state index contributed by atoms with van der Waals surface area (Å²) >= 11 is 0. The molecule has 0 spiro atoms. The number of para-hydroxylation sites is 1. The van der Waals surface area contributed by atoms with Gasteiger partial charge in [-0.15, -0.1) is 0 Å². The third kappa shape index (κ3) is 6.27. The maximum atomic E-state index is 13.3. The van der Waals surface area contributed by atoms with Gasteiger partial charge in [0, 0.05) is 5.69 Å². The fourth-order valence-corrected chi connectivity index (χ4v) is 3.07. The number of benzene rings is 2. The largest absolute Gasteiger partial charge is 0.371 e. The molecular formula is C22H30FN3O. The van der Waals surface area contributed by atoms with Crippen molar-refractivity contribution in [3.05, 3.63) is 60.4 Å². The summed E-state index contributed by atoms with van der Waals surface area (Å²) in [4.78, 5) is 13.2. The first-order valence-corrected chi connectivity index (χ1v) is 9.75. The molecule has 2 aromatic carbocycles. The highest BCUT2D eigenvalue weighted by atomic mass is 19.1. The minimum Gasteiger partial charge on any atom is -0.371 e. The molecule has 0 radical (unpaired) electrons. The van der Waals surface area contributed by atoms with Crippen LogP contribution in [0.3, 0.4) is 0 Å². The number of hydrazine groups is 1. The van der Waals surface area contributed by atoms with Crippen molar-refractivity contribution in [2.24, 2.45) is 0 Å². The second kappa shape index (κ2) is 10.6. The number of hydrogen-bond acceptors (Lipinski definition) is 3. The molecule has 4 nitrogen and oxygen atoms in total. The van der Waals surface area contributed by atoms with Crippen molar-refractivity contribution in [3.63, 3.8) is 0 Å². The molecule has 1 amide bonds. The van der Waals surface area contributed by atoms with Crippen LogP contribution in [0.25, 0.3) is 0 Å². The summed E-state index contributed by atoms with van der Waals surface area (Å²) in [6.07, 6.45) is 5.27. The summed E-state index contributed by atoms with van der Waals surface area (Å²) in [5, 5.41) is 3.41. The molecule has 2 rings (SSSR count). The lowest BCUT2D eigenvalue weighted by atomic mass is 9.85. The Morgan fingerprint density at radius 1 is 0.889 bits per heavy atom. The molecule has 0 heterocycles. The first-order valence-electron chi connectivity index (χ1n) is 9.75. The molecule has 0 aliphatic carbocycles. The zero-order valence-electron chi connectivity index (χ0n) is 16.2. The second-order valence-corrected chi connectivity index (χ2v) is 6.87. The maximum absolute atomic E-state index is 13.3. The molecule has 0 saturated heterocycles. The zero-order valence-corrected chi connectivity index (χ0v) is 16.2. The van der Waals surface area contributed by atoms with Gasteiger partial charge in [-0.3, -0.25) is 15.6 Å². The number of halogens is 1. The van der Waals surface area contributed by atoms with E-state index in [9.17, 15) is 9.18 Å². The van der Waals surface area contributed by atoms with E-state index < -0.39 is 5.54 Å². The van der Waals surface area contributed by atoms with Crippen molar-refractivity contribution in [1.82, 2.24) is 5.43 Å². The number of anilines is 2. The van der Waals surface area contributed by atoms with E-state index >= 15 is 0 Å². The Balaban J connectivity index is 2.20. The zero-order chi connectivity index (χ0) is 19.5. The number of amides is 1. The summed E-state index contributed by atoms with van der Waals surface area (Å²) in [6.45, 7) is 4.23. The van der Waals surface area contributed by atoms with Crippen molar-refractivity contribution in [3.8, 4) is 0 Å². The van der Waals surface area contributed by atoms with Crippen LogP contribution in [0.4, 0.5) is 15.8 Å². The number of rotatable bonds is 11. The third-order valence-electron chi connectivity index (χ3n) is 4.67. The first-order chi connectivity index (χ1) is 13.1. The molecule has 0 saturated carbocycles. The van der Waals surface area contributed by atoms with E-state index in [-0.39, 0.29) is 11.7 Å². The molecule has 0 aliphatic rings. The Morgan fingerprint density at radius 3 is 2.04 bits per heavy atom. The van der Waals surface area contributed by atoms with Crippen LogP contribution < -0.4 is 16.2 Å². The van der Waals surface area contributed by atoms with Crippen LogP contribution in [0.1, 0.15) is 52.4 Å². The van der Waals surface area contributed by atoms with Crippen LogP contribution >= 0.6 is 0 Å². The Hall–Kier alpha value is -2.56. The second-order valence-electron chi connectivity index (χ2n) is 6.87. The molecule has 0 aromatic heterocycles. The number of carbonyl (C=O) groups excluding carboxylic acids is 1. The average molecular weight is 372 g/mol. The quantitative estimate of drug-likeness (QED) is 0.457. The van der Waals surface area contributed by atoms with E-state index in [1.807, 2.05) is 30.3 Å². The molecule has 3 N–H and O–H groups in total. The van der Waals surface area contributed by atoms with E-state index in [2.05, 4.69) is 30.0 Å². The van der Waals surface area contributed by atoms with Gasteiger partial charge in [-0.2, -0.15) is 0 Å². The minimum absolute atomic E-state index is 0.0995. The van der Waals surface area contributed by atoms with E-state index in [0.29, 0.717) is 12.8 Å². The lowest BCUT2D eigenvalue weighted by Crippen LogP contribution is -2.54. The van der Waals surface area contributed by atoms with Gasteiger partial charge in [0.2, 0.25) is 0 Å². The number of hydrogen-bond donors (Lipinski definition) is 3. The number of carbonyl (C=O) groups is 1. The summed E-state index contributed by atoms with van der Waals surface area (Å²) in [5.74, 6) is -0.388. The topological polar surface area (TPSA) is 53.2 Å². The fourth-order valence-electron chi connectivity index (χ4n) is 3.07. The van der Waals surface area contributed by atoms with Crippen molar-refractivity contribution >= 4 is 17.3 Å². The van der Waals surface area contributed by atoms with Gasteiger partial charge in [-0.05, 0) is 49.2 Å². The fraction of sp³-hybridized carbons (Fsp3) is 0.409. The molecule has 2 aromatic rings. The molecule has 27 heavy (non-hydrogen) atoms. The van der Waals surface area contributed by atoms with E-state index in [1.54, 1.807) is 12.1 Å². The summed E-state index contributed by atoms with van der Waals surface area (Å²) in [5.41, 5.74) is 6.69. The van der Waals surface area contributed by atoms with Gasteiger partial charge in [-0.1, -0.05) is 57.7 Å². The van der Waals surface area contributed by atoms with Crippen LogP contribution in [-0.4, -0.2) is 11.4 Å². The Morgan fingerprint density at radius 2 is 1.48 bits per heavy atom. The highest BCUT2D eigenvalue weighted by molar-refractivity contribution is 5.90. The molecule has 0 aliphatic heterocycles. The lowest BCUT2D eigenvalue weighted by Gasteiger charge is -2.35. The first kappa shape index (κ1) is 20.7. The van der Waals surface area contributed by atoms with Crippen LogP contribution in [0, 0.1) is 5.82 Å². The maximum Gasteiger partial charge on any atom is 0.263 e.